The van der Waals surface area contributed by atoms with Gasteiger partial charge in [-0.15, -0.1) is 5.10 Å². The Hall–Kier alpha value is -3.88. The molecule has 0 unspecified atom stereocenters. The molecule has 0 saturated heterocycles. The molecule has 2 aliphatic carbocycles. The minimum atomic E-state index is -4.63. The Kier molecular flexibility index (Phi) is 5.58. The number of halogens is 3. The van der Waals surface area contributed by atoms with E-state index in [2.05, 4.69) is 20.1 Å². The molecular weight excluding hydrogens is 539 g/mol. The van der Waals surface area contributed by atoms with Crippen molar-refractivity contribution in [3.8, 4) is 11.3 Å². The fourth-order valence-electron chi connectivity index (χ4n) is 5.05. The van der Waals surface area contributed by atoms with E-state index in [1.807, 2.05) is 0 Å². The van der Waals surface area contributed by atoms with Crippen molar-refractivity contribution in [2.45, 2.75) is 50.5 Å². The molecule has 1 aromatic carbocycles. The molecule has 11 nitrogen and oxygen atoms in total. The van der Waals surface area contributed by atoms with Gasteiger partial charge in [-0.2, -0.15) is 13.2 Å². The zero-order valence-electron chi connectivity index (χ0n) is 20.6. The summed E-state index contributed by atoms with van der Waals surface area (Å²) in [4.78, 5) is 31.4. The number of anilines is 2. The number of nitrogens with two attached hydrogens (primary N) is 1. The Morgan fingerprint density at radius 3 is 2.54 bits per heavy atom. The summed E-state index contributed by atoms with van der Waals surface area (Å²) in [6.45, 7) is -0.335. The molecule has 15 heteroatoms. The first kappa shape index (κ1) is 25.4. The van der Waals surface area contributed by atoms with E-state index in [1.165, 1.54) is 22.8 Å². The van der Waals surface area contributed by atoms with Crippen molar-refractivity contribution in [3.05, 3.63) is 41.1 Å². The average molecular weight is 564 g/mol. The van der Waals surface area contributed by atoms with Crippen molar-refractivity contribution in [3.63, 3.8) is 0 Å². The third-order valence-corrected chi connectivity index (χ3v) is 7.61. The number of fused-ring (bicyclic) bond motifs is 2. The number of sulfonamides is 1. The summed E-state index contributed by atoms with van der Waals surface area (Å²) in [6, 6.07) is 2.52. The van der Waals surface area contributed by atoms with Crippen LogP contribution < -0.4 is 15.8 Å². The number of nitrogens with one attached hydrogen (secondary N) is 2. The molecule has 3 aliphatic rings. The Balaban J connectivity index is 1.44. The third kappa shape index (κ3) is 4.75. The SMILES string of the molecule is CS(=O)(=O)Nc1cc(-c2ccn3nc(N)c(C(=O)NC4CC4)c3n2)cc2c1C(=O)N([C@H](C1CC1)C(F)(F)F)C2. The molecule has 206 valence electrons. The van der Waals surface area contributed by atoms with Crippen molar-refractivity contribution in [1.82, 2.24) is 24.8 Å². The Morgan fingerprint density at radius 2 is 1.92 bits per heavy atom. The molecule has 1 atom stereocenters. The lowest BCUT2D eigenvalue weighted by molar-refractivity contribution is -0.182. The number of carbonyl (C=O) groups is 2. The first-order valence-electron chi connectivity index (χ1n) is 12.3. The Morgan fingerprint density at radius 1 is 1.21 bits per heavy atom. The van der Waals surface area contributed by atoms with E-state index in [9.17, 15) is 31.2 Å². The summed E-state index contributed by atoms with van der Waals surface area (Å²) in [5.74, 6) is -2.03. The molecule has 0 bridgehead atoms. The number of rotatable bonds is 7. The largest absolute Gasteiger partial charge is 0.409 e. The first-order chi connectivity index (χ1) is 18.3. The monoisotopic (exact) mass is 563 g/mol. The molecule has 2 amide bonds. The number of hydrogen-bond donors (Lipinski definition) is 3. The van der Waals surface area contributed by atoms with Gasteiger partial charge in [0.05, 0.1) is 23.2 Å². The van der Waals surface area contributed by atoms with E-state index in [-0.39, 0.29) is 52.1 Å². The van der Waals surface area contributed by atoms with Crippen LogP contribution in [0.1, 0.15) is 52.0 Å². The van der Waals surface area contributed by atoms with Crippen LogP contribution in [0.4, 0.5) is 24.7 Å². The Labute approximate surface area is 220 Å². The fraction of sp³-hybridized carbons (Fsp3) is 0.417. The van der Waals surface area contributed by atoms with Gasteiger partial charge < -0.3 is 16.0 Å². The minimum absolute atomic E-state index is 0.0225. The lowest BCUT2D eigenvalue weighted by Crippen LogP contribution is -2.47. The quantitative estimate of drug-likeness (QED) is 0.400. The lowest BCUT2D eigenvalue weighted by atomic mass is 10.0. The van der Waals surface area contributed by atoms with Crippen LogP contribution in [0.3, 0.4) is 0 Å². The highest BCUT2D eigenvalue weighted by Gasteiger charge is 2.55. The number of nitrogen functional groups attached to an aromatic ring is 1. The summed E-state index contributed by atoms with van der Waals surface area (Å²) in [5, 5.41) is 6.97. The second-order valence-corrected chi connectivity index (χ2v) is 12.0. The molecule has 0 spiro atoms. The highest BCUT2D eigenvalue weighted by Crippen LogP contribution is 2.46. The van der Waals surface area contributed by atoms with Crippen LogP contribution in [0.2, 0.25) is 0 Å². The highest BCUT2D eigenvalue weighted by atomic mass is 32.2. The zero-order chi connectivity index (χ0) is 27.9. The van der Waals surface area contributed by atoms with Crippen LogP contribution >= 0.6 is 0 Å². The van der Waals surface area contributed by atoms with Crippen LogP contribution in [0.15, 0.2) is 24.4 Å². The van der Waals surface area contributed by atoms with Crippen LogP contribution in [-0.2, 0) is 16.6 Å². The van der Waals surface area contributed by atoms with Gasteiger partial charge in [0.2, 0.25) is 10.0 Å². The van der Waals surface area contributed by atoms with Gasteiger partial charge in [-0.3, -0.25) is 14.3 Å². The summed E-state index contributed by atoms with van der Waals surface area (Å²) in [6.07, 6.45) is 0.219. The van der Waals surface area contributed by atoms with Crippen LogP contribution in [0, 0.1) is 5.92 Å². The van der Waals surface area contributed by atoms with Gasteiger partial charge in [0.1, 0.15) is 11.6 Å². The maximum Gasteiger partial charge on any atom is 0.409 e. The molecule has 0 radical (unpaired) electrons. The van der Waals surface area contributed by atoms with Crippen molar-refractivity contribution in [1.29, 1.82) is 0 Å². The standard InChI is InChI=1S/C24H24F3N7O4S/c1-39(37,38)32-16-9-12(8-13-10-33(23(36)17(13)16)19(11-2-3-11)24(25,26)27)15-6-7-34-21(30-15)18(20(28)31-34)22(35)29-14-4-5-14/h6-9,11,14,19,32H,2-5,10H2,1H3,(H2,28,31)(H,29,35)/t19-/m1/s1. The van der Waals surface area contributed by atoms with Gasteiger partial charge in [-0.05, 0) is 55.4 Å². The van der Waals surface area contributed by atoms with E-state index in [0.29, 0.717) is 18.4 Å². The third-order valence-electron chi connectivity index (χ3n) is 7.02. The second-order valence-electron chi connectivity index (χ2n) is 10.3. The Bertz CT molecular complexity index is 1650. The molecule has 2 fully saturated rings. The molecule has 2 aromatic heterocycles. The van der Waals surface area contributed by atoms with Crippen molar-refractivity contribution in [2.24, 2.45) is 5.92 Å². The van der Waals surface area contributed by atoms with Gasteiger partial charge in [0.15, 0.2) is 11.5 Å². The number of carbonyl (C=O) groups excluding carboxylic acids is 2. The maximum atomic E-state index is 13.9. The van der Waals surface area contributed by atoms with E-state index in [1.54, 1.807) is 6.07 Å². The zero-order valence-corrected chi connectivity index (χ0v) is 21.4. The van der Waals surface area contributed by atoms with E-state index < -0.39 is 40.0 Å². The second kappa shape index (κ2) is 8.56. The highest BCUT2D eigenvalue weighted by molar-refractivity contribution is 7.92. The van der Waals surface area contributed by atoms with Gasteiger partial charge in [-0.25, -0.2) is 17.9 Å². The summed E-state index contributed by atoms with van der Waals surface area (Å²) in [7, 11) is -3.89. The number of amides is 2. The molecule has 2 saturated carbocycles. The van der Waals surface area contributed by atoms with Gasteiger partial charge in [0, 0.05) is 24.3 Å². The molecule has 3 aromatic rings. The van der Waals surface area contributed by atoms with E-state index >= 15 is 0 Å². The van der Waals surface area contributed by atoms with Gasteiger partial charge in [-0.1, -0.05) is 0 Å². The smallest absolute Gasteiger partial charge is 0.381 e. The van der Waals surface area contributed by atoms with Crippen LogP contribution in [0.5, 0.6) is 0 Å². The van der Waals surface area contributed by atoms with Gasteiger partial charge >= 0.3 is 6.18 Å². The maximum absolute atomic E-state index is 13.9. The van der Waals surface area contributed by atoms with Crippen molar-refractivity contribution >= 4 is 39.0 Å². The predicted octanol–water partition coefficient (Wildman–Crippen LogP) is 2.54. The van der Waals surface area contributed by atoms with Crippen molar-refractivity contribution in [2.75, 3.05) is 16.7 Å². The number of alkyl halides is 3. The average Bonchev–Trinajstić information content (AvgIpc) is 3.74. The van der Waals surface area contributed by atoms with Crippen LogP contribution in [0.25, 0.3) is 16.9 Å². The predicted molar refractivity (Wildman–Crippen MR) is 134 cm³/mol. The van der Waals surface area contributed by atoms with Gasteiger partial charge in [0.25, 0.3) is 11.8 Å². The fourth-order valence-corrected chi connectivity index (χ4v) is 5.61. The number of hydrogen-bond acceptors (Lipinski definition) is 7. The lowest BCUT2D eigenvalue weighted by Gasteiger charge is -2.29. The summed E-state index contributed by atoms with van der Waals surface area (Å²) < 4.78 is 69.7. The molecular formula is C24H24F3N7O4S. The minimum Gasteiger partial charge on any atom is -0.381 e. The van der Waals surface area contributed by atoms with E-state index in [0.717, 1.165) is 24.0 Å². The topological polar surface area (TPSA) is 152 Å². The van der Waals surface area contributed by atoms with E-state index in [4.69, 9.17) is 5.73 Å². The number of aromatic nitrogens is 3. The molecule has 39 heavy (non-hydrogen) atoms. The van der Waals surface area contributed by atoms with Crippen LogP contribution in [-0.4, -0.2) is 64.2 Å². The number of benzene rings is 1. The van der Waals surface area contributed by atoms with Crippen molar-refractivity contribution < 1.29 is 31.2 Å². The summed E-state index contributed by atoms with van der Waals surface area (Å²) >= 11 is 0. The molecule has 4 N–H and O–H groups in total. The molecule has 6 rings (SSSR count). The molecule has 3 heterocycles. The normalized spacial score (nSPS) is 18.4. The summed E-state index contributed by atoms with van der Waals surface area (Å²) in [5.41, 5.74) is 6.80. The first-order valence-corrected chi connectivity index (χ1v) is 14.2. The molecule has 1 aliphatic heterocycles. The number of nitrogens with zero attached hydrogens (tertiary/aromatic N) is 4.